The van der Waals surface area contributed by atoms with Crippen LogP contribution in [0.2, 0.25) is 0 Å². The second kappa shape index (κ2) is 7.07. The summed E-state index contributed by atoms with van der Waals surface area (Å²) in [5, 5.41) is 9.10. The van der Waals surface area contributed by atoms with E-state index in [1.54, 1.807) is 12.1 Å². The van der Waals surface area contributed by atoms with Crippen LogP contribution in [0.1, 0.15) is 5.56 Å². The Labute approximate surface area is 105 Å². The molecule has 1 atom stereocenters. The summed E-state index contributed by atoms with van der Waals surface area (Å²) >= 11 is 0. The third kappa shape index (κ3) is 3.78. The molecular weight excluding hydrogens is 240 g/mol. The third-order valence-corrected chi connectivity index (χ3v) is 2.17. The Morgan fingerprint density at radius 1 is 1.22 bits per heavy atom. The molecule has 0 aliphatic rings. The maximum absolute atomic E-state index is 11.1. The average molecular weight is 256 g/mol. The summed E-state index contributed by atoms with van der Waals surface area (Å²) in [6.07, 6.45) is 0. The van der Waals surface area contributed by atoms with E-state index in [0.29, 0.717) is 0 Å². The molecule has 1 unspecified atom stereocenters. The second-order valence-corrected chi connectivity index (χ2v) is 3.39. The minimum atomic E-state index is -2.16. The van der Waals surface area contributed by atoms with Gasteiger partial charge < -0.3 is 19.3 Å². The number of rotatable bonds is 8. The second-order valence-electron chi connectivity index (χ2n) is 3.39. The number of benzene rings is 1. The van der Waals surface area contributed by atoms with Gasteiger partial charge in [-0.1, -0.05) is 30.3 Å². The first-order valence-corrected chi connectivity index (χ1v) is 5.24. The first-order valence-electron chi connectivity index (χ1n) is 5.24. The van der Waals surface area contributed by atoms with E-state index in [-0.39, 0.29) is 13.4 Å². The molecular formula is C12H16O6. The topological polar surface area (TPSA) is 74.2 Å². The van der Waals surface area contributed by atoms with E-state index in [2.05, 4.69) is 4.74 Å². The lowest BCUT2D eigenvalue weighted by molar-refractivity contribution is -0.374. The Morgan fingerprint density at radius 2 is 1.89 bits per heavy atom. The summed E-state index contributed by atoms with van der Waals surface area (Å²) in [5.74, 6) is -3.54. The van der Waals surface area contributed by atoms with E-state index in [0.717, 1.165) is 5.56 Å². The molecule has 1 rings (SSSR count). The van der Waals surface area contributed by atoms with E-state index >= 15 is 0 Å². The fourth-order valence-corrected chi connectivity index (χ4v) is 1.26. The van der Waals surface area contributed by atoms with E-state index in [4.69, 9.17) is 19.3 Å². The van der Waals surface area contributed by atoms with Crippen molar-refractivity contribution >= 4 is 5.97 Å². The predicted molar refractivity (Wildman–Crippen MR) is 61.6 cm³/mol. The molecule has 0 aromatic heterocycles. The van der Waals surface area contributed by atoms with Gasteiger partial charge in [0.2, 0.25) is 0 Å². The molecule has 0 heterocycles. The maximum atomic E-state index is 11.1. The summed E-state index contributed by atoms with van der Waals surface area (Å²) in [6, 6.07) is 9.11. The number of carbonyl (C=O) groups is 1. The molecule has 0 bridgehead atoms. The van der Waals surface area contributed by atoms with Gasteiger partial charge in [-0.15, -0.1) is 0 Å². The summed E-state index contributed by atoms with van der Waals surface area (Å²) in [7, 11) is 2.56. The number of carboxylic acid groups (broad SMARTS) is 1. The van der Waals surface area contributed by atoms with Crippen LogP contribution in [0.5, 0.6) is 0 Å². The summed E-state index contributed by atoms with van der Waals surface area (Å²) in [5.41, 5.74) is 0.807. The zero-order chi connectivity index (χ0) is 13.4. The van der Waals surface area contributed by atoms with E-state index in [1.807, 2.05) is 18.2 Å². The zero-order valence-electron chi connectivity index (χ0n) is 10.3. The van der Waals surface area contributed by atoms with Gasteiger partial charge in [-0.25, -0.2) is 4.79 Å². The van der Waals surface area contributed by atoms with Gasteiger partial charge in [-0.2, -0.15) is 0 Å². The fraction of sp³-hybridized carbons (Fsp3) is 0.417. The average Bonchev–Trinajstić information content (AvgIpc) is 2.40. The lowest BCUT2D eigenvalue weighted by Gasteiger charge is -2.26. The van der Waals surface area contributed by atoms with Crippen molar-refractivity contribution in [1.82, 2.24) is 0 Å². The van der Waals surface area contributed by atoms with Crippen LogP contribution in [0.3, 0.4) is 0 Å². The lowest BCUT2D eigenvalue weighted by atomic mass is 10.2. The van der Waals surface area contributed by atoms with Crippen molar-refractivity contribution in [1.29, 1.82) is 0 Å². The van der Waals surface area contributed by atoms with E-state index in [1.165, 1.54) is 14.2 Å². The number of carboxylic acids is 1. The zero-order valence-corrected chi connectivity index (χ0v) is 10.3. The SMILES string of the molecule is COCOC(OC)(OCc1ccccc1)C(=O)O. The highest BCUT2D eigenvalue weighted by molar-refractivity contribution is 5.73. The molecule has 1 aromatic rings. The van der Waals surface area contributed by atoms with Crippen LogP contribution in [0, 0.1) is 0 Å². The monoisotopic (exact) mass is 256 g/mol. The molecule has 0 saturated heterocycles. The highest BCUT2D eigenvalue weighted by atomic mass is 16.9. The Kier molecular flexibility index (Phi) is 5.73. The minimum Gasteiger partial charge on any atom is -0.475 e. The fourth-order valence-electron chi connectivity index (χ4n) is 1.26. The van der Waals surface area contributed by atoms with Crippen LogP contribution in [-0.2, 0) is 30.3 Å². The molecule has 0 fully saturated rings. The summed E-state index contributed by atoms with van der Waals surface area (Å²) < 4.78 is 19.6. The van der Waals surface area contributed by atoms with Crippen LogP contribution in [0.15, 0.2) is 30.3 Å². The van der Waals surface area contributed by atoms with Crippen molar-refractivity contribution in [2.45, 2.75) is 12.6 Å². The summed E-state index contributed by atoms with van der Waals surface area (Å²) in [6.45, 7) is -0.209. The van der Waals surface area contributed by atoms with Gasteiger partial charge in [0, 0.05) is 14.2 Å². The smallest absolute Gasteiger partial charge is 0.395 e. The van der Waals surface area contributed by atoms with Crippen LogP contribution in [0.4, 0.5) is 0 Å². The molecule has 0 saturated carbocycles. The number of methoxy groups -OCH3 is 2. The van der Waals surface area contributed by atoms with Gasteiger partial charge in [0.05, 0.1) is 6.61 Å². The molecule has 1 aromatic carbocycles. The highest BCUT2D eigenvalue weighted by Crippen LogP contribution is 2.17. The molecule has 0 amide bonds. The molecule has 0 aliphatic heterocycles. The van der Waals surface area contributed by atoms with Crippen molar-refractivity contribution in [3.8, 4) is 0 Å². The van der Waals surface area contributed by atoms with Gasteiger partial charge >= 0.3 is 11.9 Å². The first-order chi connectivity index (χ1) is 8.64. The van der Waals surface area contributed by atoms with Crippen molar-refractivity contribution in [3.05, 3.63) is 35.9 Å². The lowest BCUT2D eigenvalue weighted by Crippen LogP contribution is -2.46. The Hall–Kier alpha value is -1.47. The van der Waals surface area contributed by atoms with Crippen molar-refractivity contribution < 1.29 is 28.8 Å². The molecule has 100 valence electrons. The number of aliphatic carboxylic acids is 1. The van der Waals surface area contributed by atoms with E-state index < -0.39 is 11.9 Å². The minimum absolute atomic E-state index is 0.0463. The quantitative estimate of drug-likeness (QED) is 0.705. The number of ether oxygens (including phenoxy) is 4. The van der Waals surface area contributed by atoms with Crippen LogP contribution < -0.4 is 0 Å². The highest BCUT2D eigenvalue weighted by Gasteiger charge is 2.42. The molecule has 0 radical (unpaired) electrons. The molecule has 6 heteroatoms. The molecule has 1 N–H and O–H groups in total. The standard InChI is InChI=1S/C12H16O6/c1-15-9-18-12(16-2,11(13)14)17-8-10-6-4-3-5-7-10/h3-7H,8-9H2,1-2H3,(H,13,14). The number of hydrogen-bond acceptors (Lipinski definition) is 5. The Morgan fingerprint density at radius 3 is 2.39 bits per heavy atom. The van der Waals surface area contributed by atoms with Crippen LogP contribution >= 0.6 is 0 Å². The molecule has 0 aliphatic carbocycles. The first kappa shape index (κ1) is 14.6. The molecule has 6 nitrogen and oxygen atoms in total. The van der Waals surface area contributed by atoms with Gasteiger partial charge in [0.15, 0.2) is 6.79 Å². The van der Waals surface area contributed by atoms with Crippen molar-refractivity contribution in [2.75, 3.05) is 21.0 Å². The van der Waals surface area contributed by atoms with Gasteiger partial charge in [0.1, 0.15) is 0 Å². The summed E-state index contributed by atoms with van der Waals surface area (Å²) in [4.78, 5) is 11.1. The van der Waals surface area contributed by atoms with Crippen LogP contribution in [-0.4, -0.2) is 38.1 Å². The van der Waals surface area contributed by atoms with Gasteiger partial charge in [-0.3, -0.25) is 4.74 Å². The van der Waals surface area contributed by atoms with E-state index in [9.17, 15) is 4.79 Å². The third-order valence-electron chi connectivity index (χ3n) is 2.17. The molecule has 0 spiro atoms. The van der Waals surface area contributed by atoms with Crippen LogP contribution in [0.25, 0.3) is 0 Å². The normalized spacial score (nSPS) is 14.1. The van der Waals surface area contributed by atoms with Crippen molar-refractivity contribution in [3.63, 3.8) is 0 Å². The maximum Gasteiger partial charge on any atom is 0.395 e. The number of hydrogen-bond donors (Lipinski definition) is 1. The van der Waals surface area contributed by atoms with Crippen molar-refractivity contribution in [2.24, 2.45) is 0 Å². The Bertz CT molecular complexity index is 366. The molecule has 18 heavy (non-hydrogen) atoms. The Balaban J connectivity index is 2.69. The van der Waals surface area contributed by atoms with Gasteiger partial charge in [0.25, 0.3) is 0 Å². The van der Waals surface area contributed by atoms with Gasteiger partial charge in [-0.05, 0) is 5.56 Å². The predicted octanol–water partition coefficient (Wildman–Crippen LogP) is 1.21. The largest absolute Gasteiger partial charge is 0.475 e.